The van der Waals surface area contributed by atoms with Crippen molar-refractivity contribution in [1.82, 2.24) is 20.2 Å². The Morgan fingerprint density at radius 3 is 2.46 bits per heavy atom. The van der Waals surface area contributed by atoms with Crippen LogP contribution >= 0.6 is 0 Å². The number of anilines is 1. The molecule has 1 aliphatic rings. The summed E-state index contributed by atoms with van der Waals surface area (Å²) in [5.74, 6) is 0.439. The predicted molar refractivity (Wildman–Crippen MR) is 88.0 cm³/mol. The van der Waals surface area contributed by atoms with Gasteiger partial charge in [-0.15, -0.1) is 0 Å². The topological polar surface area (TPSA) is 66.9 Å². The van der Waals surface area contributed by atoms with Gasteiger partial charge < -0.3 is 9.64 Å². The normalized spacial score (nSPS) is 14.8. The van der Waals surface area contributed by atoms with E-state index in [1.54, 1.807) is 6.20 Å². The number of ether oxygens (including phenoxy) is 1. The van der Waals surface area contributed by atoms with E-state index in [0.717, 1.165) is 16.7 Å². The molecule has 4 rings (SSSR count). The van der Waals surface area contributed by atoms with Crippen LogP contribution in [0.25, 0.3) is 22.5 Å². The molecule has 0 saturated carbocycles. The van der Waals surface area contributed by atoms with Crippen molar-refractivity contribution in [3.05, 3.63) is 48.7 Å². The highest BCUT2D eigenvalue weighted by atomic mass is 19.1. The van der Waals surface area contributed by atoms with Crippen molar-refractivity contribution in [3.8, 4) is 22.5 Å². The van der Waals surface area contributed by atoms with Crippen LogP contribution < -0.4 is 4.90 Å². The Hall–Kier alpha value is -2.80. The van der Waals surface area contributed by atoms with Gasteiger partial charge in [0.25, 0.3) is 0 Å². The number of benzene rings is 1. The average molecular weight is 325 g/mol. The highest BCUT2D eigenvalue weighted by Gasteiger charge is 2.18. The molecule has 122 valence electrons. The molecule has 0 amide bonds. The van der Waals surface area contributed by atoms with Gasteiger partial charge in [-0.2, -0.15) is 5.10 Å². The van der Waals surface area contributed by atoms with Gasteiger partial charge in [0.15, 0.2) is 17.5 Å². The summed E-state index contributed by atoms with van der Waals surface area (Å²) in [6.45, 7) is 2.43. The number of nitrogens with zero attached hydrogens (tertiary/aromatic N) is 4. The molecule has 0 bridgehead atoms. The van der Waals surface area contributed by atoms with Crippen LogP contribution in [0, 0.1) is 5.82 Å². The van der Waals surface area contributed by atoms with Crippen molar-refractivity contribution in [3.63, 3.8) is 0 Å². The Morgan fingerprint density at radius 1 is 1.00 bits per heavy atom. The lowest BCUT2D eigenvalue weighted by atomic mass is 10.1. The zero-order valence-corrected chi connectivity index (χ0v) is 12.9. The maximum atomic E-state index is 14.1. The molecule has 24 heavy (non-hydrogen) atoms. The summed E-state index contributed by atoms with van der Waals surface area (Å²) in [4.78, 5) is 10.5. The van der Waals surface area contributed by atoms with Gasteiger partial charge in [0.2, 0.25) is 0 Å². The van der Waals surface area contributed by atoms with Gasteiger partial charge in [-0.3, -0.25) is 5.10 Å². The van der Waals surface area contributed by atoms with Crippen LogP contribution in [0.5, 0.6) is 0 Å². The van der Waals surface area contributed by atoms with E-state index in [4.69, 9.17) is 4.74 Å². The molecule has 7 heteroatoms. The second-order valence-corrected chi connectivity index (χ2v) is 5.53. The maximum absolute atomic E-state index is 14.1. The zero-order valence-electron chi connectivity index (χ0n) is 12.9. The third-order valence-corrected chi connectivity index (χ3v) is 4.01. The van der Waals surface area contributed by atoms with Crippen molar-refractivity contribution in [2.45, 2.75) is 0 Å². The molecular formula is C17H16FN5O. The fourth-order valence-corrected chi connectivity index (χ4v) is 2.71. The largest absolute Gasteiger partial charge is 0.378 e. The first-order valence-electron chi connectivity index (χ1n) is 7.76. The Bertz CT molecular complexity index is 814. The lowest BCUT2D eigenvalue weighted by molar-refractivity contribution is 0.122. The maximum Gasteiger partial charge on any atom is 0.183 e. The Kier molecular flexibility index (Phi) is 3.92. The van der Waals surface area contributed by atoms with E-state index in [1.165, 1.54) is 6.20 Å². The van der Waals surface area contributed by atoms with Gasteiger partial charge in [-0.1, -0.05) is 24.3 Å². The molecule has 0 aliphatic carbocycles. The third-order valence-electron chi connectivity index (χ3n) is 4.01. The quantitative estimate of drug-likeness (QED) is 0.801. The number of hydrogen-bond donors (Lipinski definition) is 1. The van der Waals surface area contributed by atoms with Crippen molar-refractivity contribution in [2.75, 3.05) is 31.2 Å². The Balaban J connectivity index is 1.64. The van der Waals surface area contributed by atoms with Gasteiger partial charge in [0.1, 0.15) is 0 Å². The lowest BCUT2D eigenvalue weighted by Crippen LogP contribution is -2.37. The number of aromatic nitrogens is 4. The van der Waals surface area contributed by atoms with E-state index in [1.807, 2.05) is 35.4 Å². The first-order chi connectivity index (χ1) is 11.8. The standard InChI is InChI=1S/C17H16FN5O/c18-15-11-19-16(22-17(15)23-5-7-24-8-6-23)13-3-1-12(2-4-13)14-9-20-21-10-14/h1-4,9-11H,5-8H2,(H,20,21). The van der Waals surface area contributed by atoms with Crippen LogP contribution in [0.1, 0.15) is 0 Å². The van der Waals surface area contributed by atoms with Crippen LogP contribution in [-0.4, -0.2) is 46.5 Å². The Labute approximate surface area is 138 Å². The number of H-pyrrole nitrogens is 1. The summed E-state index contributed by atoms with van der Waals surface area (Å²) in [6, 6.07) is 7.81. The fourth-order valence-electron chi connectivity index (χ4n) is 2.71. The number of rotatable bonds is 3. The first kappa shape index (κ1) is 14.8. The zero-order chi connectivity index (χ0) is 16.4. The summed E-state index contributed by atoms with van der Waals surface area (Å²) in [5.41, 5.74) is 2.90. The number of halogens is 1. The van der Waals surface area contributed by atoms with E-state index in [-0.39, 0.29) is 0 Å². The molecule has 1 aromatic carbocycles. The number of morpholine rings is 1. The average Bonchev–Trinajstić information content (AvgIpc) is 3.18. The summed E-state index contributed by atoms with van der Waals surface area (Å²) in [7, 11) is 0. The summed E-state index contributed by atoms with van der Waals surface area (Å²) in [5, 5.41) is 6.74. The smallest absolute Gasteiger partial charge is 0.183 e. The first-order valence-corrected chi connectivity index (χ1v) is 7.76. The minimum Gasteiger partial charge on any atom is -0.378 e. The van der Waals surface area contributed by atoms with Crippen molar-refractivity contribution < 1.29 is 9.13 Å². The number of aromatic amines is 1. The van der Waals surface area contributed by atoms with Gasteiger partial charge in [0.05, 0.1) is 25.6 Å². The molecule has 0 atom stereocenters. The molecule has 3 aromatic rings. The molecule has 1 fully saturated rings. The molecule has 6 nitrogen and oxygen atoms in total. The number of hydrogen-bond acceptors (Lipinski definition) is 5. The second kappa shape index (κ2) is 6.37. The molecule has 3 heterocycles. The SMILES string of the molecule is Fc1cnc(-c2ccc(-c3cn[nH]c3)cc2)nc1N1CCOCC1. The monoisotopic (exact) mass is 325 g/mol. The van der Waals surface area contributed by atoms with Crippen LogP contribution in [0.3, 0.4) is 0 Å². The van der Waals surface area contributed by atoms with Crippen molar-refractivity contribution in [1.29, 1.82) is 0 Å². The molecule has 0 radical (unpaired) electrons. The van der Waals surface area contributed by atoms with E-state index < -0.39 is 5.82 Å². The predicted octanol–water partition coefficient (Wildman–Crippen LogP) is 2.51. The van der Waals surface area contributed by atoms with E-state index in [2.05, 4.69) is 20.2 Å². The van der Waals surface area contributed by atoms with Crippen LogP contribution in [0.15, 0.2) is 42.9 Å². The third kappa shape index (κ3) is 2.85. The number of nitrogens with one attached hydrogen (secondary N) is 1. The minimum atomic E-state index is -0.407. The summed E-state index contributed by atoms with van der Waals surface area (Å²) < 4.78 is 19.4. The lowest BCUT2D eigenvalue weighted by Gasteiger charge is -2.28. The van der Waals surface area contributed by atoms with Gasteiger partial charge in [0, 0.05) is 30.4 Å². The summed E-state index contributed by atoms with van der Waals surface area (Å²) in [6.07, 6.45) is 4.83. The summed E-state index contributed by atoms with van der Waals surface area (Å²) >= 11 is 0. The van der Waals surface area contributed by atoms with Crippen molar-refractivity contribution >= 4 is 5.82 Å². The fraction of sp³-hybridized carbons (Fsp3) is 0.235. The molecule has 1 N–H and O–H groups in total. The van der Waals surface area contributed by atoms with E-state index >= 15 is 0 Å². The molecular weight excluding hydrogens is 309 g/mol. The van der Waals surface area contributed by atoms with Crippen molar-refractivity contribution in [2.24, 2.45) is 0 Å². The molecule has 0 unspecified atom stereocenters. The van der Waals surface area contributed by atoms with Gasteiger partial charge in [-0.25, -0.2) is 14.4 Å². The minimum absolute atomic E-state index is 0.335. The highest BCUT2D eigenvalue weighted by Crippen LogP contribution is 2.25. The molecule has 1 aliphatic heterocycles. The van der Waals surface area contributed by atoms with Crippen LogP contribution in [0.2, 0.25) is 0 Å². The second-order valence-electron chi connectivity index (χ2n) is 5.53. The molecule has 0 spiro atoms. The Morgan fingerprint density at radius 2 is 1.75 bits per heavy atom. The molecule has 1 saturated heterocycles. The van der Waals surface area contributed by atoms with E-state index in [9.17, 15) is 4.39 Å². The van der Waals surface area contributed by atoms with Gasteiger partial charge in [-0.05, 0) is 5.56 Å². The van der Waals surface area contributed by atoms with E-state index in [0.29, 0.717) is 37.9 Å². The highest BCUT2D eigenvalue weighted by molar-refractivity contribution is 5.67. The van der Waals surface area contributed by atoms with Crippen LogP contribution in [-0.2, 0) is 4.74 Å². The van der Waals surface area contributed by atoms with Crippen LogP contribution in [0.4, 0.5) is 10.2 Å². The molecule has 2 aromatic heterocycles. The van der Waals surface area contributed by atoms with Gasteiger partial charge >= 0.3 is 0 Å².